The van der Waals surface area contributed by atoms with Crippen molar-refractivity contribution in [2.75, 3.05) is 32.7 Å². The molecule has 1 aromatic carbocycles. The predicted octanol–water partition coefficient (Wildman–Crippen LogP) is 1.42. The number of carbonyl (C=O) groups is 2. The van der Waals surface area contributed by atoms with Gasteiger partial charge in [-0.05, 0) is 25.3 Å². The number of rotatable bonds is 5. The van der Waals surface area contributed by atoms with E-state index in [1.165, 1.54) is 0 Å². The molecule has 23 heavy (non-hydrogen) atoms. The molecular formula is C18H25N3O2. The van der Waals surface area contributed by atoms with Crippen LogP contribution in [-0.4, -0.2) is 54.3 Å². The molecule has 1 saturated carbocycles. The van der Waals surface area contributed by atoms with E-state index in [0.29, 0.717) is 12.5 Å². The predicted molar refractivity (Wildman–Crippen MR) is 88.7 cm³/mol. The van der Waals surface area contributed by atoms with Crippen LogP contribution in [0.3, 0.4) is 0 Å². The minimum absolute atomic E-state index is 0.0152. The second kappa shape index (κ2) is 7.13. The van der Waals surface area contributed by atoms with Gasteiger partial charge in [-0.2, -0.15) is 0 Å². The van der Waals surface area contributed by atoms with E-state index < -0.39 is 0 Å². The summed E-state index contributed by atoms with van der Waals surface area (Å²) in [5.41, 5.74) is 1.11. The van der Waals surface area contributed by atoms with E-state index in [2.05, 4.69) is 10.2 Å². The molecule has 0 spiro atoms. The van der Waals surface area contributed by atoms with Crippen LogP contribution in [0.5, 0.6) is 0 Å². The van der Waals surface area contributed by atoms with Crippen molar-refractivity contribution in [1.29, 1.82) is 0 Å². The number of benzene rings is 1. The molecule has 3 rings (SSSR count). The van der Waals surface area contributed by atoms with Gasteiger partial charge in [0.2, 0.25) is 11.8 Å². The van der Waals surface area contributed by atoms with Gasteiger partial charge in [-0.3, -0.25) is 14.5 Å². The van der Waals surface area contributed by atoms with E-state index in [-0.39, 0.29) is 17.9 Å². The Hall–Kier alpha value is -1.88. The third-order valence-electron chi connectivity index (χ3n) is 4.65. The molecule has 0 aromatic heterocycles. The summed E-state index contributed by atoms with van der Waals surface area (Å²) in [6, 6.07) is 9.99. The third kappa shape index (κ3) is 4.32. The average molecular weight is 315 g/mol. The highest BCUT2D eigenvalue weighted by Crippen LogP contribution is 2.31. The molecule has 2 aliphatic rings. The monoisotopic (exact) mass is 315 g/mol. The molecule has 124 valence electrons. The molecule has 2 amide bonds. The minimum atomic E-state index is 0.0152. The lowest BCUT2D eigenvalue weighted by Gasteiger charge is -2.34. The summed E-state index contributed by atoms with van der Waals surface area (Å²) < 4.78 is 0. The Bertz CT molecular complexity index is 549. The van der Waals surface area contributed by atoms with Crippen molar-refractivity contribution in [3.63, 3.8) is 0 Å². The van der Waals surface area contributed by atoms with Crippen molar-refractivity contribution in [2.24, 2.45) is 5.92 Å². The molecule has 5 nitrogen and oxygen atoms in total. The SMILES string of the molecule is CC(NC(=O)CN1CCN(C(=O)C2CC2)CC1)c1ccccc1. The van der Waals surface area contributed by atoms with Crippen molar-refractivity contribution in [3.8, 4) is 0 Å². The van der Waals surface area contributed by atoms with Gasteiger partial charge in [-0.1, -0.05) is 30.3 Å². The highest BCUT2D eigenvalue weighted by molar-refractivity contribution is 5.81. The number of hydrogen-bond donors (Lipinski definition) is 1. The second-order valence-electron chi connectivity index (χ2n) is 6.58. The standard InChI is InChI=1S/C18H25N3O2/c1-14(15-5-3-2-4-6-15)19-17(22)13-20-9-11-21(12-10-20)18(23)16-7-8-16/h2-6,14,16H,7-13H2,1H3,(H,19,22). The third-order valence-corrected chi connectivity index (χ3v) is 4.65. The van der Waals surface area contributed by atoms with Crippen LogP contribution in [0, 0.1) is 5.92 Å². The molecule has 0 radical (unpaired) electrons. The summed E-state index contributed by atoms with van der Waals surface area (Å²) in [4.78, 5) is 28.3. The molecule has 0 bridgehead atoms. The Morgan fingerprint density at radius 3 is 2.39 bits per heavy atom. The molecule has 1 aliphatic carbocycles. The van der Waals surface area contributed by atoms with E-state index >= 15 is 0 Å². The Balaban J connectivity index is 1.41. The molecule has 1 aromatic rings. The Morgan fingerprint density at radius 2 is 1.78 bits per heavy atom. The summed E-state index contributed by atoms with van der Waals surface area (Å²) >= 11 is 0. The first-order valence-electron chi connectivity index (χ1n) is 8.49. The molecule has 5 heteroatoms. The van der Waals surface area contributed by atoms with Crippen LogP contribution >= 0.6 is 0 Å². The maximum atomic E-state index is 12.2. The van der Waals surface area contributed by atoms with E-state index in [0.717, 1.165) is 44.6 Å². The smallest absolute Gasteiger partial charge is 0.234 e. The topological polar surface area (TPSA) is 52.7 Å². The van der Waals surface area contributed by atoms with Gasteiger partial charge in [0.25, 0.3) is 0 Å². The summed E-state index contributed by atoms with van der Waals surface area (Å²) in [5.74, 6) is 0.645. The molecule has 2 fully saturated rings. The van der Waals surface area contributed by atoms with Crippen molar-refractivity contribution >= 4 is 11.8 Å². The zero-order valence-electron chi connectivity index (χ0n) is 13.7. The molecule has 1 aliphatic heterocycles. The van der Waals surface area contributed by atoms with Crippen molar-refractivity contribution in [3.05, 3.63) is 35.9 Å². The van der Waals surface area contributed by atoms with Crippen LogP contribution in [0.2, 0.25) is 0 Å². The number of hydrogen-bond acceptors (Lipinski definition) is 3. The number of piperazine rings is 1. The normalized spacial score (nSPS) is 20.1. The maximum Gasteiger partial charge on any atom is 0.234 e. The first-order valence-corrected chi connectivity index (χ1v) is 8.49. The fourth-order valence-corrected chi connectivity index (χ4v) is 3.03. The van der Waals surface area contributed by atoms with Gasteiger partial charge in [0.1, 0.15) is 0 Å². The maximum absolute atomic E-state index is 12.2. The van der Waals surface area contributed by atoms with Gasteiger partial charge in [0.05, 0.1) is 12.6 Å². The largest absolute Gasteiger partial charge is 0.348 e. The van der Waals surface area contributed by atoms with Crippen LogP contribution in [0.25, 0.3) is 0 Å². The summed E-state index contributed by atoms with van der Waals surface area (Å²) in [6.07, 6.45) is 2.11. The number of nitrogens with zero attached hydrogens (tertiary/aromatic N) is 2. The molecule has 1 N–H and O–H groups in total. The van der Waals surface area contributed by atoms with Gasteiger partial charge in [-0.25, -0.2) is 0 Å². The van der Waals surface area contributed by atoms with Crippen LogP contribution in [0.1, 0.15) is 31.4 Å². The van der Waals surface area contributed by atoms with Crippen LogP contribution in [0.15, 0.2) is 30.3 Å². The molecule has 1 heterocycles. The lowest BCUT2D eigenvalue weighted by Crippen LogP contribution is -2.51. The molecule has 1 atom stereocenters. The first-order chi connectivity index (χ1) is 11.1. The van der Waals surface area contributed by atoms with E-state index in [1.807, 2.05) is 42.2 Å². The molecule has 1 unspecified atom stereocenters. The fraction of sp³-hybridized carbons (Fsp3) is 0.556. The summed E-state index contributed by atoms with van der Waals surface area (Å²) in [5, 5.41) is 3.04. The van der Waals surface area contributed by atoms with E-state index in [9.17, 15) is 9.59 Å². The van der Waals surface area contributed by atoms with E-state index in [1.54, 1.807) is 0 Å². The van der Waals surface area contributed by atoms with Crippen molar-refractivity contribution in [1.82, 2.24) is 15.1 Å². The van der Waals surface area contributed by atoms with Crippen molar-refractivity contribution < 1.29 is 9.59 Å². The zero-order valence-corrected chi connectivity index (χ0v) is 13.7. The zero-order chi connectivity index (χ0) is 16.2. The van der Waals surface area contributed by atoms with Crippen LogP contribution in [-0.2, 0) is 9.59 Å². The van der Waals surface area contributed by atoms with Gasteiger partial charge in [0, 0.05) is 32.1 Å². The highest BCUT2D eigenvalue weighted by atomic mass is 16.2. The highest BCUT2D eigenvalue weighted by Gasteiger charge is 2.34. The Morgan fingerprint density at radius 1 is 1.13 bits per heavy atom. The van der Waals surface area contributed by atoms with Gasteiger partial charge < -0.3 is 10.2 Å². The lowest BCUT2D eigenvalue weighted by molar-refractivity contribution is -0.134. The Labute approximate surface area is 137 Å². The Kier molecular flexibility index (Phi) is 4.96. The van der Waals surface area contributed by atoms with Gasteiger partial charge in [-0.15, -0.1) is 0 Å². The number of carbonyl (C=O) groups excluding carboxylic acids is 2. The van der Waals surface area contributed by atoms with Crippen LogP contribution < -0.4 is 5.32 Å². The number of nitrogens with one attached hydrogen (secondary N) is 1. The number of amides is 2. The first kappa shape index (κ1) is 16.0. The lowest BCUT2D eigenvalue weighted by atomic mass is 10.1. The average Bonchev–Trinajstić information content (AvgIpc) is 3.40. The quantitative estimate of drug-likeness (QED) is 0.894. The summed E-state index contributed by atoms with van der Waals surface area (Å²) in [7, 11) is 0. The minimum Gasteiger partial charge on any atom is -0.348 e. The molecule has 1 saturated heterocycles. The molecular weight excluding hydrogens is 290 g/mol. The van der Waals surface area contributed by atoms with E-state index in [4.69, 9.17) is 0 Å². The van der Waals surface area contributed by atoms with Gasteiger partial charge >= 0.3 is 0 Å². The van der Waals surface area contributed by atoms with Crippen LogP contribution in [0.4, 0.5) is 0 Å². The summed E-state index contributed by atoms with van der Waals surface area (Å²) in [6.45, 7) is 5.47. The fourth-order valence-electron chi connectivity index (χ4n) is 3.03. The van der Waals surface area contributed by atoms with Gasteiger partial charge in [0.15, 0.2) is 0 Å². The second-order valence-corrected chi connectivity index (χ2v) is 6.58. The van der Waals surface area contributed by atoms with Crippen molar-refractivity contribution in [2.45, 2.75) is 25.8 Å².